The fourth-order valence-corrected chi connectivity index (χ4v) is 0. The van der Waals surface area contributed by atoms with Crippen molar-refractivity contribution in [3.8, 4) is 0 Å². The van der Waals surface area contributed by atoms with Gasteiger partial charge in [-0.2, -0.15) is 0 Å². The molecule has 0 atom stereocenters. The van der Waals surface area contributed by atoms with Gasteiger partial charge in [-0.15, -0.1) is 0 Å². The van der Waals surface area contributed by atoms with Gasteiger partial charge in [0.2, 0.25) is 0 Å². The third kappa shape index (κ3) is 1410. The maximum Gasteiger partial charge on any atom is 0.466 e. The van der Waals surface area contributed by atoms with Crippen LogP contribution in [0.3, 0.4) is 0 Å². The first kappa shape index (κ1) is 11.2. The minimum atomic E-state index is -4.64. The van der Waals surface area contributed by atoms with Crippen molar-refractivity contribution >= 4 is 19.7 Å². The van der Waals surface area contributed by atoms with E-state index in [1.54, 1.807) is 0 Å². The van der Waals surface area contributed by atoms with Gasteiger partial charge in [-0.05, 0) is 0 Å². The summed E-state index contributed by atoms with van der Waals surface area (Å²) in [4.78, 5) is 21.6. The van der Waals surface area contributed by atoms with Crippen LogP contribution in [-0.2, 0) is 8.85 Å². The summed E-state index contributed by atoms with van der Waals surface area (Å²) in [5, 5.41) is 0. The van der Waals surface area contributed by atoms with Gasteiger partial charge in [0.25, 0.3) is 0 Å². The quantitative estimate of drug-likeness (QED) is 0.434. The molecule has 5 nitrogen and oxygen atoms in total. The Kier molecular flexibility index (Phi) is 7.69. The van der Waals surface area contributed by atoms with E-state index >= 15 is 0 Å². The Morgan fingerprint density at radius 1 is 1.50 bits per heavy atom. The number of phosphoric acid groups is 1. The number of halogens is 1. The lowest BCUT2D eigenvalue weighted by atomic mass is 11.8. The smallest absolute Gasteiger partial charge is 0.303 e. The molecule has 0 radical (unpaired) electrons. The van der Waals surface area contributed by atoms with Gasteiger partial charge >= 0.3 is 7.82 Å². The first-order valence-electron chi connectivity index (χ1n) is 1.35. The molecule has 0 unspecified atom stereocenters. The maximum absolute atomic E-state index is 8.88. The molecule has 0 amide bonds. The van der Waals surface area contributed by atoms with Crippen LogP contribution in [0, 0.1) is 0 Å². The van der Waals surface area contributed by atoms with Gasteiger partial charge in [0.1, 0.15) is 0 Å². The predicted molar refractivity (Wildman–Crippen MR) is 27.1 cm³/mol. The van der Waals surface area contributed by atoms with Crippen molar-refractivity contribution in [2.24, 2.45) is 0 Å². The zero-order valence-corrected chi connectivity index (χ0v) is 5.63. The van der Waals surface area contributed by atoms with Gasteiger partial charge in [-0.3, -0.25) is 4.29 Å². The van der Waals surface area contributed by atoms with Gasteiger partial charge in [0.05, 0.1) is 19.0 Å². The molecule has 0 aromatic heterocycles. The Morgan fingerprint density at radius 2 is 1.50 bits per heavy atom. The van der Waals surface area contributed by atoms with Crippen molar-refractivity contribution < 1.29 is 23.5 Å². The van der Waals surface area contributed by atoms with Crippen LogP contribution in [0.15, 0.2) is 0 Å². The molecule has 0 rings (SSSR count). The van der Waals surface area contributed by atoms with Crippen molar-refractivity contribution in [1.82, 2.24) is 0 Å². The SMILES string of the molecule is COCl.O=P(O)(O)O. The highest BCUT2D eigenvalue weighted by Gasteiger charge is 2.00. The highest BCUT2D eigenvalue weighted by Crippen LogP contribution is 2.25. The summed E-state index contributed by atoms with van der Waals surface area (Å²) >= 11 is 4.50. The molecule has 0 fully saturated rings. The molecule has 0 heterocycles. The second kappa shape index (κ2) is 5.50. The zero-order chi connectivity index (χ0) is 7.21. The van der Waals surface area contributed by atoms with E-state index in [2.05, 4.69) is 16.2 Å². The van der Waals surface area contributed by atoms with Gasteiger partial charge in [0, 0.05) is 0 Å². The molecule has 0 saturated heterocycles. The van der Waals surface area contributed by atoms with Crippen LogP contribution in [0.2, 0.25) is 0 Å². The summed E-state index contributed by atoms with van der Waals surface area (Å²) in [6, 6.07) is 0. The van der Waals surface area contributed by atoms with Crippen LogP contribution in [-0.4, -0.2) is 21.8 Å². The Hall–Kier alpha value is 0.360. The molecule has 0 spiro atoms. The van der Waals surface area contributed by atoms with Crippen molar-refractivity contribution in [3.05, 3.63) is 0 Å². The average molecular weight is 164 g/mol. The first-order chi connectivity index (χ1) is 3.41. The van der Waals surface area contributed by atoms with Crippen LogP contribution in [0.25, 0.3) is 0 Å². The Bertz CT molecular complexity index is 68.2. The predicted octanol–water partition coefficient (Wildman–Crippen LogP) is -0.142. The van der Waals surface area contributed by atoms with Gasteiger partial charge in [-0.25, -0.2) is 4.57 Å². The van der Waals surface area contributed by atoms with Crippen molar-refractivity contribution in [1.29, 1.82) is 0 Å². The summed E-state index contributed by atoms with van der Waals surface area (Å²) in [5.74, 6) is 0. The lowest BCUT2D eigenvalue weighted by molar-refractivity contribution is 0.275. The third-order valence-corrected chi connectivity index (χ3v) is 0. The number of rotatable bonds is 0. The second-order valence-corrected chi connectivity index (χ2v) is 2.00. The fraction of sp³-hybridized carbons (Fsp3) is 1.00. The lowest BCUT2D eigenvalue weighted by Gasteiger charge is -1.82. The molecule has 0 aliphatic rings. The minimum Gasteiger partial charge on any atom is -0.303 e. The second-order valence-electron chi connectivity index (χ2n) is 0.668. The summed E-state index contributed by atoms with van der Waals surface area (Å²) < 4.78 is 12.6. The van der Waals surface area contributed by atoms with Gasteiger partial charge in [0.15, 0.2) is 0 Å². The largest absolute Gasteiger partial charge is 0.466 e. The van der Waals surface area contributed by atoms with Crippen molar-refractivity contribution in [2.75, 3.05) is 7.11 Å². The summed E-state index contributed by atoms with van der Waals surface area (Å²) in [7, 11) is -3.25. The average Bonchev–Trinajstić information content (AvgIpc) is 1.27. The van der Waals surface area contributed by atoms with E-state index in [1.165, 1.54) is 7.11 Å². The Balaban J connectivity index is 0. The highest BCUT2D eigenvalue weighted by atomic mass is 35.5. The van der Waals surface area contributed by atoms with Crippen LogP contribution in [0.4, 0.5) is 0 Å². The molecule has 3 N–H and O–H groups in total. The maximum atomic E-state index is 8.88. The van der Waals surface area contributed by atoms with E-state index in [4.69, 9.17) is 19.2 Å². The molecule has 7 heteroatoms. The summed E-state index contributed by atoms with van der Waals surface area (Å²) in [5.41, 5.74) is 0. The van der Waals surface area contributed by atoms with Gasteiger partial charge < -0.3 is 14.7 Å². The molecule has 0 aromatic rings. The fourth-order valence-electron chi connectivity index (χ4n) is 0. The van der Waals surface area contributed by atoms with Crippen LogP contribution in [0.1, 0.15) is 0 Å². The zero-order valence-electron chi connectivity index (χ0n) is 3.98. The topological polar surface area (TPSA) is 87.0 Å². The van der Waals surface area contributed by atoms with Crippen molar-refractivity contribution in [2.45, 2.75) is 0 Å². The Morgan fingerprint density at radius 3 is 1.50 bits per heavy atom. The monoisotopic (exact) mass is 164 g/mol. The van der Waals surface area contributed by atoms with E-state index in [-0.39, 0.29) is 0 Å². The molecule has 0 aliphatic carbocycles. The van der Waals surface area contributed by atoms with Crippen LogP contribution < -0.4 is 0 Å². The van der Waals surface area contributed by atoms with E-state index in [0.717, 1.165) is 0 Å². The van der Waals surface area contributed by atoms with E-state index < -0.39 is 7.82 Å². The summed E-state index contributed by atoms with van der Waals surface area (Å²) in [6.45, 7) is 0. The van der Waals surface area contributed by atoms with Crippen molar-refractivity contribution in [3.63, 3.8) is 0 Å². The molecule has 8 heavy (non-hydrogen) atoms. The molecule has 0 saturated carbocycles. The standard InChI is InChI=1S/CH3ClO.H3O4P/c1-3-2;1-5(2,3)4/h1H3;(H3,1,2,3,4). The number of hydrogen-bond acceptors (Lipinski definition) is 2. The summed E-state index contributed by atoms with van der Waals surface area (Å²) in [6.07, 6.45) is 0. The minimum absolute atomic E-state index is 1.39. The molecular weight excluding hydrogens is 158 g/mol. The lowest BCUT2D eigenvalue weighted by Crippen LogP contribution is -1.66. The van der Waals surface area contributed by atoms with Gasteiger partial charge in [-0.1, -0.05) is 0 Å². The number of hydrogen-bond donors (Lipinski definition) is 3. The van der Waals surface area contributed by atoms with E-state index in [9.17, 15) is 0 Å². The highest BCUT2D eigenvalue weighted by molar-refractivity contribution is 7.45. The molecular formula is CH6ClO5P. The molecule has 0 aromatic carbocycles. The molecule has 0 aliphatic heterocycles. The first-order valence-corrected chi connectivity index (χ1v) is 3.22. The van der Waals surface area contributed by atoms with E-state index in [1.807, 2.05) is 0 Å². The molecule has 0 bridgehead atoms. The van der Waals surface area contributed by atoms with E-state index in [0.29, 0.717) is 0 Å². The normalized spacial score (nSPS) is 9.62. The third-order valence-electron chi connectivity index (χ3n) is 0. The van der Waals surface area contributed by atoms with Crippen LogP contribution in [0.5, 0.6) is 0 Å². The van der Waals surface area contributed by atoms with Crippen LogP contribution >= 0.6 is 19.7 Å². The molecule has 52 valence electrons. The Labute approximate surface area is 51.3 Å².